The van der Waals surface area contributed by atoms with Gasteiger partial charge in [0.2, 0.25) is 0 Å². The van der Waals surface area contributed by atoms with Crippen molar-refractivity contribution in [1.82, 2.24) is 0 Å². The van der Waals surface area contributed by atoms with Gasteiger partial charge in [-0.3, -0.25) is 0 Å². The van der Waals surface area contributed by atoms with Crippen LogP contribution in [0.2, 0.25) is 0 Å². The van der Waals surface area contributed by atoms with Crippen LogP contribution in [0.3, 0.4) is 0 Å². The van der Waals surface area contributed by atoms with Gasteiger partial charge in [0.1, 0.15) is 11.4 Å². The van der Waals surface area contributed by atoms with Crippen LogP contribution < -0.4 is 0 Å². The molecule has 16 heavy (non-hydrogen) atoms. The smallest absolute Gasteiger partial charge is 0.149 e. The molecule has 0 saturated carbocycles. The second-order valence-electron chi connectivity index (χ2n) is 3.14. The molecule has 0 aromatic heterocycles. The Morgan fingerprint density at radius 3 is 2.62 bits per heavy atom. The molecule has 2 aromatic carbocycles. The van der Waals surface area contributed by atoms with Gasteiger partial charge in [0.15, 0.2) is 0 Å². The molecule has 0 fully saturated rings. The molecule has 5 heteroatoms. The van der Waals surface area contributed by atoms with Gasteiger partial charge in [-0.2, -0.15) is 10.2 Å². The van der Waals surface area contributed by atoms with Gasteiger partial charge in [0.25, 0.3) is 0 Å². The van der Waals surface area contributed by atoms with E-state index >= 15 is 0 Å². The first kappa shape index (κ1) is 12.6. The standard InChI is InChI=1S/C11H10N3O.V/c1-13-14-9-6-5-7-3-2-4-8(12)10(7)11(9)15;/h2-6H,1H3,(H2-,12,13,15);/q-1;. The van der Waals surface area contributed by atoms with E-state index in [9.17, 15) is 5.11 Å². The number of nitrogens with one attached hydrogen (secondary N) is 1. The van der Waals surface area contributed by atoms with Crippen molar-refractivity contribution >= 4 is 22.1 Å². The van der Waals surface area contributed by atoms with Gasteiger partial charge in [0, 0.05) is 31.0 Å². The minimum Gasteiger partial charge on any atom is -0.698 e. The summed E-state index contributed by atoms with van der Waals surface area (Å²) in [5, 5.41) is 18.6. The molecule has 1 radical (unpaired) electrons. The monoisotopic (exact) mass is 251 g/mol. The molecular weight excluding hydrogens is 241 g/mol. The van der Waals surface area contributed by atoms with E-state index in [0.29, 0.717) is 11.1 Å². The summed E-state index contributed by atoms with van der Waals surface area (Å²) in [6.45, 7) is 0. The third-order valence-electron chi connectivity index (χ3n) is 2.20. The summed E-state index contributed by atoms with van der Waals surface area (Å²) >= 11 is 0. The summed E-state index contributed by atoms with van der Waals surface area (Å²) in [5.74, 6) is 0.0173. The first-order chi connectivity index (χ1) is 7.24. The number of hydrogen-bond donors (Lipinski definition) is 1. The summed E-state index contributed by atoms with van der Waals surface area (Å²) < 4.78 is 0. The van der Waals surface area contributed by atoms with E-state index in [1.54, 1.807) is 18.2 Å². The Morgan fingerprint density at radius 1 is 1.19 bits per heavy atom. The van der Waals surface area contributed by atoms with Gasteiger partial charge < -0.3 is 10.8 Å². The maximum atomic E-state index is 9.89. The zero-order chi connectivity index (χ0) is 10.8. The van der Waals surface area contributed by atoms with Crippen molar-refractivity contribution in [2.75, 3.05) is 7.05 Å². The maximum absolute atomic E-state index is 9.89. The zero-order valence-corrected chi connectivity index (χ0v) is 10.1. The minimum absolute atomic E-state index is 0. The van der Waals surface area contributed by atoms with Crippen LogP contribution >= 0.6 is 0 Å². The third-order valence-corrected chi connectivity index (χ3v) is 2.20. The van der Waals surface area contributed by atoms with Gasteiger partial charge in [-0.25, -0.2) is 0 Å². The molecule has 2 aromatic rings. The van der Waals surface area contributed by atoms with Crippen molar-refractivity contribution in [3.63, 3.8) is 0 Å². The van der Waals surface area contributed by atoms with Crippen molar-refractivity contribution in [3.8, 4) is 5.75 Å². The van der Waals surface area contributed by atoms with Crippen LogP contribution in [0.15, 0.2) is 40.6 Å². The first-order valence-corrected chi connectivity index (χ1v) is 4.50. The summed E-state index contributed by atoms with van der Waals surface area (Å²) in [6, 6.07) is 8.77. The quantitative estimate of drug-likeness (QED) is 0.766. The second-order valence-corrected chi connectivity index (χ2v) is 3.14. The minimum atomic E-state index is 0. The molecule has 0 spiro atoms. The van der Waals surface area contributed by atoms with Crippen molar-refractivity contribution in [1.29, 1.82) is 0 Å². The maximum Gasteiger partial charge on any atom is 0.149 e. The molecule has 2 rings (SSSR count). The average Bonchev–Trinajstić information content (AvgIpc) is 2.22. The normalized spacial score (nSPS) is 10.6. The molecule has 0 unspecified atom stereocenters. The molecule has 0 bridgehead atoms. The topological polar surface area (TPSA) is 68.8 Å². The summed E-state index contributed by atoms with van der Waals surface area (Å²) in [4.78, 5) is 0. The third kappa shape index (κ3) is 2.03. The summed E-state index contributed by atoms with van der Waals surface area (Å²) in [5.41, 5.74) is 8.38. The summed E-state index contributed by atoms with van der Waals surface area (Å²) in [7, 11) is 1.54. The van der Waals surface area contributed by atoms with E-state index in [-0.39, 0.29) is 30.0 Å². The van der Waals surface area contributed by atoms with Crippen molar-refractivity contribution in [3.05, 3.63) is 36.1 Å². The van der Waals surface area contributed by atoms with Crippen LogP contribution in [0.1, 0.15) is 0 Å². The molecule has 0 saturated heterocycles. The number of hydrogen-bond acceptors (Lipinski definition) is 3. The van der Waals surface area contributed by atoms with Crippen LogP contribution in [0.25, 0.3) is 16.5 Å². The second kappa shape index (κ2) is 5.01. The number of azo groups is 1. The summed E-state index contributed by atoms with van der Waals surface area (Å²) in [6.07, 6.45) is 0. The van der Waals surface area contributed by atoms with Gasteiger partial charge in [0.05, 0.1) is 0 Å². The number of phenolic OH excluding ortho intramolecular Hbond substituents is 1. The Hall–Kier alpha value is -1.52. The first-order valence-electron chi connectivity index (χ1n) is 4.50. The van der Waals surface area contributed by atoms with Crippen LogP contribution in [0.4, 0.5) is 11.4 Å². The van der Waals surface area contributed by atoms with E-state index in [1.807, 2.05) is 12.1 Å². The fourth-order valence-electron chi connectivity index (χ4n) is 1.54. The van der Waals surface area contributed by atoms with Gasteiger partial charge in [-0.1, -0.05) is 24.3 Å². The van der Waals surface area contributed by atoms with E-state index in [1.165, 1.54) is 7.05 Å². The van der Waals surface area contributed by atoms with E-state index in [0.717, 1.165) is 5.39 Å². The molecule has 0 aliphatic carbocycles. The van der Waals surface area contributed by atoms with E-state index in [4.69, 9.17) is 5.73 Å². The Bertz CT molecular complexity index is 540. The number of phenols is 1. The Labute approximate surface area is 105 Å². The Morgan fingerprint density at radius 2 is 1.94 bits per heavy atom. The fourth-order valence-corrected chi connectivity index (χ4v) is 1.54. The molecule has 0 aliphatic rings. The van der Waals surface area contributed by atoms with Crippen molar-refractivity contribution in [2.45, 2.75) is 0 Å². The SMILES string of the molecule is CN=Nc1ccc2cccc([NH-])c2c1O.[V]. The molecule has 4 nitrogen and oxygen atoms in total. The molecule has 0 heterocycles. The molecule has 0 amide bonds. The van der Waals surface area contributed by atoms with Crippen LogP contribution in [0, 0.1) is 0 Å². The molecule has 81 valence electrons. The Kier molecular flexibility index (Phi) is 3.93. The van der Waals surface area contributed by atoms with E-state index < -0.39 is 0 Å². The Balaban J connectivity index is 0.00000128. The van der Waals surface area contributed by atoms with Gasteiger partial charge in [-0.05, 0) is 11.5 Å². The number of benzene rings is 2. The molecule has 2 N–H and O–H groups in total. The van der Waals surface area contributed by atoms with Crippen LogP contribution in [-0.2, 0) is 18.6 Å². The predicted octanol–water partition coefficient (Wildman–Crippen LogP) is 3.94. The van der Waals surface area contributed by atoms with Crippen molar-refractivity contribution in [2.24, 2.45) is 10.2 Å². The average molecular weight is 251 g/mol. The molecule has 0 atom stereocenters. The van der Waals surface area contributed by atoms with Crippen LogP contribution in [0.5, 0.6) is 5.75 Å². The molecule has 0 aliphatic heterocycles. The van der Waals surface area contributed by atoms with Crippen LogP contribution in [-0.4, -0.2) is 12.2 Å². The van der Waals surface area contributed by atoms with E-state index in [2.05, 4.69) is 10.2 Å². The molecular formula is C11H10N3OV-. The van der Waals surface area contributed by atoms with Gasteiger partial charge in [-0.15, -0.1) is 5.69 Å². The zero-order valence-electron chi connectivity index (χ0n) is 8.68. The fraction of sp³-hybridized carbons (Fsp3) is 0.0909. The van der Waals surface area contributed by atoms with Gasteiger partial charge >= 0.3 is 0 Å². The number of nitrogens with zero attached hydrogens (tertiary/aromatic N) is 2. The largest absolute Gasteiger partial charge is 0.698 e. The predicted molar refractivity (Wildman–Crippen MR) is 60.0 cm³/mol. The number of aromatic hydroxyl groups is 1. The van der Waals surface area contributed by atoms with Crippen molar-refractivity contribution < 1.29 is 23.7 Å². The number of rotatable bonds is 1. The number of fused-ring (bicyclic) bond motifs is 1.